The molecule has 0 fully saturated rings. The van der Waals surface area contributed by atoms with Crippen LogP contribution in [-0.4, -0.2) is 45.3 Å². The first-order chi connectivity index (χ1) is 16.1. The number of hydrogen-bond donors (Lipinski definition) is 2. The Morgan fingerprint density at radius 2 is 1.79 bits per heavy atom. The number of fused-ring (bicyclic) bond motifs is 1. The Hall–Kier alpha value is -4.33. The van der Waals surface area contributed by atoms with Gasteiger partial charge in [0.05, 0.1) is 20.3 Å². The number of aromatic hydroxyl groups is 1. The summed E-state index contributed by atoms with van der Waals surface area (Å²) < 4.78 is 10.9. The number of methoxy groups -OCH3 is 2. The van der Waals surface area contributed by atoms with E-state index in [0.717, 1.165) is 11.1 Å². The van der Waals surface area contributed by atoms with Crippen molar-refractivity contribution in [2.24, 2.45) is 0 Å². The number of rotatable bonds is 6. The third-order valence-electron chi connectivity index (χ3n) is 5.85. The van der Waals surface area contributed by atoms with Gasteiger partial charge in [-0.3, -0.25) is 14.9 Å². The molecule has 0 radical (unpaired) electrons. The number of benzene rings is 2. The van der Waals surface area contributed by atoms with E-state index in [1.165, 1.54) is 0 Å². The van der Waals surface area contributed by atoms with E-state index in [-0.39, 0.29) is 11.7 Å². The van der Waals surface area contributed by atoms with Crippen LogP contribution >= 0.6 is 0 Å². The van der Waals surface area contributed by atoms with Crippen LogP contribution in [0.15, 0.2) is 67.0 Å². The van der Waals surface area contributed by atoms with E-state index in [9.17, 15) is 9.90 Å². The summed E-state index contributed by atoms with van der Waals surface area (Å²) in [7, 11) is 3.16. The Morgan fingerprint density at radius 3 is 2.52 bits per heavy atom. The predicted molar refractivity (Wildman–Crippen MR) is 121 cm³/mol. The number of aromatic nitrogens is 3. The Labute approximate surface area is 190 Å². The Kier molecular flexibility index (Phi) is 5.18. The van der Waals surface area contributed by atoms with Gasteiger partial charge in [-0.05, 0) is 47.5 Å². The van der Waals surface area contributed by atoms with Gasteiger partial charge in [-0.1, -0.05) is 18.2 Å². The highest BCUT2D eigenvalue weighted by atomic mass is 16.5. The number of hydrogen-bond acceptors (Lipinski definition) is 6. The normalized spacial score (nSPS) is 14.9. The number of aromatic amines is 1. The maximum atomic E-state index is 13.5. The number of nitrogens with one attached hydrogen (secondary N) is 1. The van der Waals surface area contributed by atoms with Gasteiger partial charge >= 0.3 is 0 Å². The highest BCUT2D eigenvalue weighted by molar-refractivity contribution is 6.00. The van der Waals surface area contributed by atoms with Crippen LogP contribution in [0.4, 0.5) is 0 Å². The number of phenolic OH excluding ortho intramolecular Hbond substituents is 1. The molecule has 2 N–H and O–H groups in total. The fourth-order valence-corrected chi connectivity index (χ4v) is 4.29. The van der Waals surface area contributed by atoms with Gasteiger partial charge in [-0.2, -0.15) is 5.10 Å². The molecule has 0 saturated carbocycles. The third kappa shape index (κ3) is 3.45. The number of nitrogens with zero attached hydrogens (tertiary/aromatic N) is 3. The van der Waals surface area contributed by atoms with Crippen LogP contribution in [0.2, 0.25) is 0 Å². The first kappa shape index (κ1) is 20.6. The van der Waals surface area contributed by atoms with Gasteiger partial charge in [0.2, 0.25) is 0 Å². The number of para-hydroxylation sites is 1. The Morgan fingerprint density at radius 1 is 1.03 bits per heavy atom. The van der Waals surface area contributed by atoms with Crippen molar-refractivity contribution in [2.75, 3.05) is 14.2 Å². The van der Waals surface area contributed by atoms with Gasteiger partial charge in [0.1, 0.15) is 17.1 Å². The molecule has 33 heavy (non-hydrogen) atoms. The molecule has 0 saturated heterocycles. The minimum Gasteiger partial charge on any atom is -0.507 e. The van der Waals surface area contributed by atoms with Gasteiger partial charge < -0.3 is 19.5 Å². The molecular weight excluding hydrogens is 420 g/mol. The second kappa shape index (κ2) is 8.31. The topological polar surface area (TPSA) is 101 Å². The van der Waals surface area contributed by atoms with E-state index < -0.39 is 6.04 Å². The van der Waals surface area contributed by atoms with Crippen molar-refractivity contribution < 1.29 is 19.4 Å². The van der Waals surface area contributed by atoms with Gasteiger partial charge in [-0.15, -0.1) is 0 Å². The van der Waals surface area contributed by atoms with Crippen LogP contribution in [0.5, 0.6) is 17.2 Å². The van der Waals surface area contributed by atoms with Crippen molar-refractivity contribution in [2.45, 2.75) is 12.6 Å². The van der Waals surface area contributed by atoms with Crippen LogP contribution < -0.4 is 9.47 Å². The summed E-state index contributed by atoms with van der Waals surface area (Å²) in [6.45, 7) is 0.378. The average molecular weight is 442 g/mol. The van der Waals surface area contributed by atoms with E-state index in [1.807, 2.05) is 36.4 Å². The maximum absolute atomic E-state index is 13.5. The molecule has 1 amide bonds. The summed E-state index contributed by atoms with van der Waals surface area (Å²) in [4.78, 5) is 19.4. The molecular formula is C25H22N4O4. The highest BCUT2D eigenvalue weighted by Crippen LogP contribution is 2.46. The molecule has 0 unspecified atom stereocenters. The van der Waals surface area contributed by atoms with Gasteiger partial charge in [0.25, 0.3) is 5.91 Å². The van der Waals surface area contributed by atoms with Crippen molar-refractivity contribution in [3.05, 3.63) is 89.4 Å². The number of carbonyl (C=O) groups is 1. The molecule has 166 valence electrons. The zero-order chi connectivity index (χ0) is 22.9. The van der Waals surface area contributed by atoms with Gasteiger partial charge in [0, 0.05) is 30.1 Å². The second-order valence-electron chi connectivity index (χ2n) is 7.68. The molecule has 4 aromatic rings. The van der Waals surface area contributed by atoms with E-state index in [1.54, 1.807) is 49.7 Å². The number of pyridine rings is 1. The molecule has 0 aliphatic carbocycles. The lowest BCUT2D eigenvalue weighted by Crippen LogP contribution is -2.29. The summed E-state index contributed by atoms with van der Waals surface area (Å²) in [6, 6.07) is 15.9. The lowest BCUT2D eigenvalue weighted by Gasteiger charge is -2.27. The summed E-state index contributed by atoms with van der Waals surface area (Å²) in [5.41, 5.74) is 4.00. The molecule has 2 aromatic carbocycles. The van der Waals surface area contributed by atoms with Crippen molar-refractivity contribution in [1.82, 2.24) is 20.1 Å². The average Bonchev–Trinajstić information content (AvgIpc) is 3.39. The van der Waals surface area contributed by atoms with Crippen LogP contribution in [0.25, 0.3) is 11.3 Å². The fourth-order valence-electron chi connectivity index (χ4n) is 4.29. The largest absolute Gasteiger partial charge is 0.507 e. The van der Waals surface area contributed by atoms with Crippen molar-refractivity contribution >= 4 is 5.91 Å². The lowest BCUT2D eigenvalue weighted by molar-refractivity contribution is 0.0730. The molecule has 1 aliphatic heterocycles. The second-order valence-corrected chi connectivity index (χ2v) is 7.68. The lowest BCUT2D eigenvalue weighted by atomic mass is 9.95. The summed E-state index contributed by atoms with van der Waals surface area (Å²) in [5, 5.41) is 17.8. The van der Waals surface area contributed by atoms with Gasteiger partial charge in [-0.25, -0.2) is 0 Å². The molecule has 1 atom stereocenters. The molecule has 8 heteroatoms. The zero-order valence-corrected chi connectivity index (χ0v) is 18.1. The van der Waals surface area contributed by atoms with Crippen molar-refractivity contribution in [3.8, 4) is 28.5 Å². The number of H-pyrrole nitrogens is 1. The number of amides is 1. The van der Waals surface area contributed by atoms with Crippen LogP contribution in [0, 0.1) is 0 Å². The molecule has 0 spiro atoms. The quantitative estimate of drug-likeness (QED) is 0.469. The van der Waals surface area contributed by atoms with E-state index in [0.29, 0.717) is 40.6 Å². The standard InChI is InChI=1S/C25H22N4O4/c1-32-19-8-7-16(13-20(19)33-2)24-21-22(17-5-3-4-6-18(17)30)27-28-23(21)25(31)29(24)14-15-9-11-26-12-10-15/h3-13,24,30H,14H2,1-2H3,(H,27,28)/t24-/m1/s1. The zero-order valence-electron chi connectivity index (χ0n) is 18.1. The summed E-state index contributed by atoms with van der Waals surface area (Å²) in [5.74, 6) is 1.08. The Balaban J connectivity index is 1.69. The summed E-state index contributed by atoms with van der Waals surface area (Å²) >= 11 is 0. The van der Waals surface area contributed by atoms with E-state index in [4.69, 9.17) is 9.47 Å². The van der Waals surface area contributed by atoms with E-state index in [2.05, 4.69) is 15.2 Å². The number of carbonyl (C=O) groups excluding carboxylic acids is 1. The first-order valence-electron chi connectivity index (χ1n) is 10.4. The smallest absolute Gasteiger partial charge is 0.273 e. The molecule has 5 rings (SSSR count). The molecule has 0 bridgehead atoms. The van der Waals surface area contributed by atoms with Crippen LogP contribution in [-0.2, 0) is 6.54 Å². The molecule has 8 nitrogen and oxygen atoms in total. The number of ether oxygens (including phenoxy) is 2. The molecule has 1 aliphatic rings. The third-order valence-corrected chi connectivity index (χ3v) is 5.85. The first-order valence-corrected chi connectivity index (χ1v) is 10.4. The monoisotopic (exact) mass is 442 g/mol. The van der Waals surface area contributed by atoms with Crippen LogP contribution in [0.1, 0.15) is 33.2 Å². The number of phenols is 1. The van der Waals surface area contributed by atoms with E-state index >= 15 is 0 Å². The highest BCUT2D eigenvalue weighted by Gasteiger charge is 2.42. The maximum Gasteiger partial charge on any atom is 0.273 e. The van der Waals surface area contributed by atoms with Crippen molar-refractivity contribution in [1.29, 1.82) is 0 Å². The van der Waals surface area contributed by atoms with Crippen molar-refractivity contribution in [3.63, 3.8) is 0 Å². The fraction of sp³-hybridized carbons (Fsp3) is 0.160. The minimum absolute atomic E-state index is 0.0953. The van der Waals surface area contributed by atoms with Gasteiger partial charge in [0.15, 0.2) is 11.5 Å². The SMILES string of the molecule is COc1ccc([C@@H]2c3c(-c4ccccc4O)n[nH]c3C(=O)N2Cc2ccncc2)cc1OC. The minimum atomic E-state index is -0.450. The molecule has 3 heterocycles. The predicted octanol–water partition coefficient (Wildman–Crippen LogP) is 3.94. The van der Waals surface area contributed by atoms with Crippen LogP contribution in [0.3, 0.4) is 0 Å². The molecule has 2 aromatic heterocycles. The summed E-state index contributed by atoms with van der Waals surface area (Å²) in [6.07, 6.45) is 3.41. The Bertz CT molecular complexity index is 1320.